The summed E-state index contributed by atoms with van der Waals surface area (Å²) < 4.78 is 1.93. The van der Waals surface area contributed by atoms with E-state index in [1.54, 1.807) is 25.4 Å². The van der Waals surface area contributed by atoms with Crippen LogP contribution < -0.4 is 10.9 Å². The standard InChI is InChI=1S/C17H18N4O2/c1-18-16(22)11-6-7-12-13(8-11)21-14(17(23)20-12)9-19-15(21)10-4-2-3-5-10/h6-10H,2-5H2,1H3,(H,18,22)(H,20,23). The van der Waals surface area contributed by atoms with Gasteiger partial charge in [-0.3, -0.25) is 14.0 Å². The van der Waals surface area contributed by atoms with E-state index in [2.05, 4.69) is 15.3 Å². The van der Waals surface area contributed by atoms with Crippen molar-refractivity contribution in [3.63, 3.8) is 0 Å². The van der Waals surface area contributed by atoms with Gasteiger partial charge in [0.15, 0.2) is 0 Å². The fraction of sp³-hybridized carbons (Fsp3) is 0.353. The molecule has 4 rings (SSSR count). The molecule has 0 atom stereocenters. The van der Waals surface area contributed by atoms with Crippen LogP contribution in [-0.4, -0.2) is 27.3 Å². The number of benzene rings is 1. The molecule has 0 unspecified atom stereocenters. The summed E-state index contributed by atoms with van der Waals surface area (Å²) in [6, 6.07) is 5.31. The zero-order chi connectivity index (χ0) is 16.0. The molecular formula is C17H18N4O2. The number of nitrogens with one attached hydrogen (secondary N) is 2. The highest BCUT2D eigenvalue weighted by Crippen LogP contribution is 2.34. The first-order valence-electron chi connectivity index (χ1n) is 7.94. The van der Waals surface area contributed by atoms with Gasteiger partial charge < -0.3 is 10.3 Å². The summed E-state index contributed by atoms with van der Waals surface area (Å²) in [7, 11) is 1.61. The number of aromatic nitrogens is 3. The van der Waals surface area contributed by atoms with Gasteiger partial charge in [-0.1, -0.05) is 12.8 Å². The van der Waals surface area contributed by atoms with Gasteiger partial charge in [0, 0.05) is 18.5 Å². The molecule has 1 saturated carbocycles. The predicted octanol–water partition coefficient (Wildman–Crippen LogP) is 2.19. The highest BCUT2D eigenvalue weighted by molar-refractivity contribution is 5.97. The molecule has 1 fully saturated rings. The zero-order valence-corrected chi connectivity index (χ0v) is 12.9. The van der Waals surface area contributed by atoms with Crippen LogP contribution >= 0.6 is 0 Å². The summed E-state index contributed by atoms with van der Waals surface area (Å²) in [5.74, 6) is 1.17. The number of rotatable bonds is 2. The Morgan fingerprint density at radius 3 is 2.83 bits per heavy atom. The molecule has 1 aliphatic carbocycles. The van der Waals surface area contributed by atoms with E-state index >= 15 is 0 Å². The molecule has 6 nitrogen and oxygen atoms in total. The third-order valence-corrected chi connectivity index (χ3v) is 4.72. The highest BCUT2D eigenvalue weighted by atomic mass is 16.1. The largest absolute Gasteiger partial charge is 0.355 e. The summed E-state index contributed by atoms with van der Waals surface area (Å²) in [6.07, 6.45) is 6.23. The molecule has 1 aliphatic rings. The number of nitrogens with zero attached hydrogens (tertiary/aromatic N) is 2. The molecule has 2 N–H and O–H groups in total. The second-order valence-corrected chi connectivity index (χ2v) is 6.08. The van der Waals surface area contributed by atoms with Gasteiger partial charge in [0.05, 0.1) is 17.2 Å². The Labute approximate surface area is 132 Å². The molecule has 0 radical (unpaired) electrons. The Kier molecular flexibility index (Phi) is 3.18. The molecule has 118 valence electrons. The number of imidazole rings is 1. The molecule has 0 spiro atoms. The number of amides is 1. The third-order valence-electron chi connectivity index (χ3n) is 4.72. The molecule has 1 aromatic carbocycles. The Bertz CT molecular complexity index is 964. The lowest BCUT2D eigenvalue weighted by Crippen LogP contribution is -2.18. The van der Waals surface area contributed by atoms with Crippen LogP contribution in [0.4, 0.5) is 0 Å². The van der Waals surface area contributed by atoms with Crippen LogP contribution in [0.2, 0.25) is 0 Å². The van der Waals surface area contributed by atoms with Gasteiger partial charge in [-0.25, -0.2) is 4.98 Å². The zero-order valence-electron chi connectivity index (χ0n) is 12.9. The van der Waals surface area contributed by atoms with Gasteiger partial charge in [0.2, 0.25) is 0 Å². The van der Waals surface area contributed by atoms with E-state index in [0.717, 1.165) is 24.2 Å². The van der Waals surface area contributed by atoms with E-state index in [1.165, 1.54) is 12.8 Å². The molecule has 2 heterocycles. The summed E-state index contributed by atoms with van der Waals surface area (Å²) in [5.41, 5.74) is 2.49. The summed E-state index contributed by atoms with van der Waals surface area (Å²) in [4.78, 5) is 31.6. The highest BCUT2D eigenvalue weighted by Gasteiger charge is 2.23. The van der Waals surface area contributed by atoms with Gasteiger partial charge in [-0.2, -0.15) is 0 Å². The quantitative estimate of drug-likeness (QED) is 0.761. The Morgan fingerprint density at radius 2 is 2.09 bits per heavy atom. The van der Waals surface area contributed by atoms with Crippen molar-refractivity contribution in [1.82, 2.24) is 19.7 Å². The van der Waals surface area contributed by atoms with Gasteiger partial charge >= 0.3 is 0 Å². The first-order chi connectivity index (χ1) is 11.2. The van der Waals surface area contributed by atoms with Crippen LogP contribution in [0.15, 0.2) is 29.2 Å². The topological polar surface area (TPSA) is 79.3 Å². The lowest BCUT2D eigenvalue weighted by Gasteiger charge is -2.11. The minimum absolute atomic E-state index is 0.145. The normalized spacial score (nSPS) is 15.5. The molecule has 0 bridgehead atoms. The van der Waals surface area contributed by atoms with Crippen LogP contribution in [0.5, 0.6) is 0 Å². The van der Waals surface area contributed by atoms with Gasteiger partial charge in [-0.05, 0) is 31.0 Å². The number of fused-ring (bicyclic) bond motifs is 3. The SMILES string of the molecule is CNC(=O)c1ccc2[nH]c(=O)c3cnc(C4CCCC4)n3c2c1. The summed E-state index contributed by atoms with van der Waals surface area (Å²) in [5, 5.41) is 2.63. The average molecular weight is 310 g/mol. The smallest absolute Gasteiger partial charge is 0.274 e. The molecular weight excluding hydrogens is 292 g/mol. The lowest BCUT2D eigenvalue weighted by molar-refractivity contribution is 0.0963. The van der Waals surface area contributed by atoms with Crippen molar-refractivity contribution in [1.29, 1.82) is 0 Å². The van der Waals surface area contributed by atoms with Gasteiger partial charge in [0.1, 0.15) is 11.3 Å². The molecule has 0 aliphatic heterocycles. The van der Waals surface area contributed by atoms with E-state index in [0.29, 0.717) is 22.5 Å². The van der Waals surface area contributed by atoms with Crippen LogP contribution in [-0.2, 0) is 0 Å². The van der Waals surface area contributed by atoms with Crippen molar-refractivity contribution >= 4 is 22.5 Å². The predicted molar refractivity (Wildman–Crippen MR) is 87.9 cm³/mol. The monoisotopic (exact) mass is 310 g/mol. The fourth-order valence-corrected chi connectivity index (χ4v) is 3.55. The van der Waals surface area contributed by atoms with E-state index in [1.807, 2.05) is 10.5 Å². The molecule has 1 amide bonds. The maximum atomic E-state index is 12.3. The molecule has 6 heteroatoms. The Balaban J connectivity index is 2.05. The van der Waals surface area contributed by atoms with Crippen LogP contribution in [0.1, 0.15) is 47.8 Å². The maximum Gasteiger partial charge on any atom is 0.274 e. The van der Waals surface area contributed by atoms with Crippen LogP contribution in [0.3, 0.4) is 0 Å². The molecule has 23 heavy (non-hydrogen) atoms. The van der Waals surface area contributed by atoms with Crippen LogP contribution in [0.25, 0.3) is 16.6 Å². The number of hydrogen-bond acceptors (Lipinski definition) is 3. The second-order valence-electron chi connectivity index (χ2n) is 6.08. The van der Waals surface area contributed by atoms with Crippen molar-refractivity contribution in [3.8, 4) is 0 Å². The summed E-state index contributed by atoms with van der Waals surface area (Å²) in [6.45, 7) is 0. The minimum Gasteiger partial charge on any atom is -0.355 e. The van der Waals surface area contributed by atoms with E-state index in [-0.39, 0.29) is 11.5 Å². The maximum absolute atomic E-state index is 12.3. The Morgan fingerprint density at radius 1 is 1.30 bits per heavy atom. The number of aromatic amines is 1. The third kappa shape index (κ3) is 2.13. The van der Waals surface area contributed by atoms with Crippen molar-refractivity contribution in [2.75, 3.05) is 7.05 Å². The van der Waals surface area contributed by atoms with Crippen molar-refractivity contribution in [2.24, 2.45) is 0 Å². The second kappa shape index (κ2) is 5.22. The van der Waals surface area contributed by atoms with Gasteiger partial charge in [-0.15, -0.1) is 0 Å². The van der Waals surface area contributed by atoms with Crippen molar-refractivity contribution in [3.05, 3.63) is 46.1 Å². The van der Waals surface area contributed by atoms with Gasteiger partial charge in [0.25, 0.3) is 11.5 Å². The summed E-state index contributed by atoms with van der Waals surface area (Å²) >= 11 is 0. The molecule has 2 aromatic heterocycles. The van der Waals surface area contributed by atoms with Crippen LogP contribution in [0, 0.1) is 0 Å². The van der Waals surface area contributed by atoms with Crippen molar-refractivity contribution < 1.29 is 4.79 Å². The fourth-order valence-electron chi connectivity index (χ4n) is 3.55. The molecule has 3 aromatic rings. The minimum atomic E-state index is -0.151. The lowest BCUT2D eigenvalue weighted by atomic mass is 10.1. The first kappa shape index (κ1) is 14.0. The number of H-pyrrole nitrogens is 1. The van der Waals surface area contributed by atoms with E-state index in [9.17, 15) is 9.59 Å². The van der Waals surface area contributed by atoms with E-state index < -0.39 is 0 Å². The number of carbonyl (C=O) groups is 1. The van der Waals surface area contributed by atoms with E-state index in [4.69, 9.17) is 0 Å². The number of carbonyl (C=O) groups excluding carboxylic acids is 1. The number of hydrogen-bond donors (Lipinski definition) is 2. The Hall–Kier alpha value is -2.63. The molecule has 0 saturated heterocycles. The average Bonchev–Trinajstić information content (AvgIpc) is 3.23. The first-order valence-corrected chi connectivity index (χ1v) is 7.94. The van der Waals surface area contributed by atoms with Crippen molar-refractivity contribution in [2.45, 2.75) is 31.6 Å².